The number of carbonyl (C=O) groups excluding carboxylic acids is 2. The second-order valence-corrected chi connectivity index (χ2v) is 5.02. The van der Waals surface area contributed by atoms with Gasteiger partial charge in [-0.1, -0.05) is 12.1 Å². The lowest BCUT2D eigenvalue weighted by Gasteiger charge is -2.15. The number of carbonyl (C=O) groups is 2. The van der Waals surface area contributed by atoms with E-state index in [-0.39, 0.29) is 31.2 Å². The molecule has 0 aliphatic heterocycles. The highest BCUT2D eigenvalue weighted by Crippen LogP contribution is 2.23. The molecule has 6 nitrogen and oxygen atoms in total. The summed E-state index contributed by atoms with van der Waals surface area (Å²) in [4.78, 5) is 28.5. The summed E-state index contributed by atoms with van der Waals surface area (Å²) in [5.74, 6) is -0.149. The van der Waals surface area contributed by atoms with Crippen LogP contribution in [0.15, 0.2) is 34.9 Å². The van der Waals surface area contributed by atoms with E-state index in [9.17, 15) is 14.0 Å². The maximum absolute atomic E-state index is 13.7. The summed E-state index contributed by atoms with van der Waals surface area (Å²) in [6, 6.07) is 6.24. The molecule has 1 heterocycles. The van der Waals surface area contributed by atoms with E-state index in [1.807, 2.05) is 0 Å². The van der Waals surface area contributed by atoms with Crippen molar-refractivity contribution >= 4 is 11.8 Å². The summed E-state index contributed by atoms with van der Waals surface area (Å²) >= 11 is 0. The summed E-state index contributed by atoms with van der Waals surface area (Å²) < 4.78 is 19.2. The van der Waals surface area contributed by atoms with E-state index in [1.165, 1.54) is 24.2 Å². The number of nitrogens with one attached hydrogen (secondary N) is 1. The van der Waals surface area contributed by atoms with Crippen molar-refractivity contribution in [2.45, 2.75) is 12.8 Å². The number of rotatable bonds is 6. The molecule has 0 saturated carbocycles. The maximum Gasteiger partial charge on any atom is 0.239 e. The molecular formula is C16H18FN3O3. The van der Waals surface area contributed by atoms with Crippen molar-refractivity contribution in [3.63, 3.8) is 0 Å². The predicted octanol–water partition coefficient (Wildman–Crippen LogP) is 1.62. The lowest BCUT2D eigenvalue weighted by atomic mass is 10.2. The molecule has 23 heavy (non-hydrogen) atoms. The smallest absolute Gasteiger partial charge is 0.239 e. The van der Waals surface area contributed by atoms with Crippen LogP contribution in [0.5, 0.6) is 0 Å². The van der Waals surface area contributed by atoms with Gasteiger partial charge in [-0.2, -0.15) is 0 Å². The molecular weight excluding hydrogens is 301 g/mol. The molecule has 1 aromatic heterocycles. The Bertz CT molecular complexity index is 699. The van der Waals surface area contributed by atoms with Crippen molar-refractivity contribution < 1.29 is 18.4 Å². The fourth-order valence-corrected chi connectivity index (χ4v) is 2.00. The Morgan fingerprint density at radius 2 is 2.09 bits per heavy atom. The number of hydrogen-bond acceptors (Lipinski definition) is 4. The predicted molar refractivity (Wildman–Crippen MR) is 81.9 cm³/mol. The average molecular weight is 319 g/mol. The normalized spacial score (nSPS) is 10.4. The monoisotopic (exact) mass is 319 g/mol. The summed E-state index contributed by atoms with van der Waals surface area (Å²) in [7, 11) is 3.07. The second-order valence-electron chi connectivity index (χ2n) is 5.02. The molecule has 122 valence electrons. The Morgan fingerprint density at radius 3 is 2.78 bits per heavy atom. The van der Waals surface area contributed by atoms with Gasteiger partial charge < -0.3 is 14.6 Å². The van der Waals surface area contributed by atoms with Crippen molar-refractivity contribution in [2.24, 2.45) is 0 Å². The molecule has 2 rings (SSSR count). The molecule has 1 N–H and O–H groups in total. The first-order valence-electron chi connectivity index (χ1n) is 7.15. The van der Waals surface area contributed by atoms with Gasteiger partial charge in [-0.25, -0.2) is 9.37 Å². The highest BCUT2D eigenvalue weighted by Gasteiger charge is 2.15. The molecule has 0 unspecified atom stereocenters. The first-order chi connectivity index (χ1) is 11.0. The number of aromatic nitrogens is 1. The molecule has 2 amide bonds. The average Bonchev–Trinajstić information content (AvgIpc) is 3.01. The van der Waals surface area contributed by atoms with Crippen LogP contribution in [0.25, 0.3) is 11.3 Å². The zero-order valence-electron chi connectivity index (χ0n) is 13.0. The second kappa shape index (κ2) is 7.53. The Balaban J connectivity index is 1.94. The number of benzene rings is 1. The molecule has 0 radical (unpaired) electrons. The van der Waals surface area contributed by atoms with E-state index in [4.69, 9.17) is 4.42 Å². The first kappa shape index (κ1) is 16.7. The third-order valence-corrected chi connectivity index (χ3v) is 3.33. The van der Waals surface area contributed by atoms with E-state index < -0.39 is 5.82 Å². The van der Waals surface area contributed by atoms with E-state index in [0.29, 0.717) is 17.2 Å². The van der Waals surface area contributed by atoms with Crippen LogP contribution in [0.3, 0.4) is 0 Å². The van der Waals surface area contributed by atoms with Gasteiger partial charge in [0.25, 0.3) is 0 Å². The molecule has 0 saturated heterocycles. The van der Waals surface area contributed by atoms with Crippen molar-refractivity contribution in [3.05, 3.63) is 42.2 Å². The van der Waals surface area contributed by atoms with Crippen LogP contribution in [0.1, 0.15) is 12.3 Å². The zero-order chi connectivity index (χ0) is 16.8. The van der Waals surface area contributed by atoms with Gasteiger partial charge in [0, 0.05) is 26.9 Å². The van der Waals surface area contributed by atoms with E-state index >= 15 is 0 Å². The molecule has 0 atom stereocenters. The number of nitrogens with zero attached hydrogens (tertiary/aromatic N) is 2. The number of halogens is 1. The Labute approximate surface area is 133 Å². The quantitative estimate of drug-likeness (QED) is 0.878. The van der Waals surface area contributed by atoms with Crippen LogP contribution in [0, 0.1) is 5.82 Å². The number of likely N-dealkylation sites (N-methyl/N-ethyl adjacent to an activating group) is 2. The minimum absolute atomic E-state index is 0.00138. The van der Waals surface area contributed by atoms with Crippen LogP contribution >= 0.6 is 0 Å². The SMILES string of the molecule is CNC(=O)CN(C)C(=O)CCc1ncc(-c2ccccc2F)o1. The van der Waals surface area contributed by atoms with E-state index in [2.05, 4.69) is 10.3 Å². The number of amides is 2. The first-order valence-corrected chi connectivity index (χ1v) is 7.15. The molecule has 0 bridgehead atoms. The van der Waals surface area contributed by atoms with Gasteiger partial charge in [0.2, 0.25) is 11.8 Å². The van der Waals surface area contributed by atoms with Crippen molar-refractivity contribution in [3.8, 4) is 11.3 Å². The minimum atomic E-state index is -0.392. The number of aryl methyl sites for hydroxylation is 1. The molecule has 2 aromatic rings. The summed E-state index contributed by atoms with van der Waals surface area (Å²) in [5, 5.41) is 2.45. The number of oxazole rings is 1. The summed E-state index contributed by atoms with van der Waals surface area (Å²) in [5.41, 5.74) is 0.328. The van der Waals surface area contributed by atoms with Crippen molar-refractivity contribution in [1.82, 2.24) is 15.2 Å². The van der Waals surface area contributed by atoms with Gasteiger partial charge in [-0.15, -0.1) is 0 Å². The van der Waals surface area contributed by atoms with Crippen LogP contribution in [-0.4, -0.2) is 42.3 Å². The molecule has 0 fully saturated rings. The Kier molecular flexibility index (Phi) is 5.46. The fourth-order valence-electron chi connectivity index (χ4n) is 2.00. The van der Waals surface area contributed by atoms with Crippen LogP contribution in [0.4, 0.5) is 4.39 Å². The third kappa shape index (κ3) is 4.38. The van der Waals surface area contributed by atoms with Gasteiger partial charge in [0.05, 0.1) is 18.3 Å². The highest BCUT2D eigenvalue weighted by atomic mass is 19.1. The van der Waals surface area contributed by atoms with E-state index in [0.717, 1.165) is 0 Å². The van der Waals surface area contributed by atoms with Gasteiger partial charge in [-0.3, -0.25) is 9.59 Å². The van der Waals surface area contributed by atoms with Gasteiger partial charge >= 0.3 is 0 Å². The molecule has 0 aliphatic carbocycles. The topological polar surface area (TPSA) is 75.4 Å². The van der Waals surface area contributed by atoms with Gasteiger partial charge in [-0.05, 0) is 12.1 Å². The lowest BCUT2D eigenvalue weighted by Crippen LogP contribution is -2.36. The van der Waals surface area contributed by atoms with Crippen LogP contribution in [-0.2, 0) is 16.0 Å². The molecule has 0 aliphatic rings. The van der Waals surface area contributed by atoms with E-state index in [1.54, 1.807) is 25.2 Å². The van der Waals surface area contributed by atoms with Crippen LogP contribution in [0.2, 0.25) is 0 Å². The Hall–Kier alpha value is -2.70. The zero-order valence-corrected chi connectivity index (χ0v) is 13.0. The molecule has 0 spiro atoms. The minimum Gasteiger partial charge on any atom is -0.441 e. The summed E-state index contributed by atoms with van der Waals surface area (Å²) in [6.07, 6.45) is 1.88. The van der Waals surface area contributed by atoms with Crippen molar-refractivity contribution in [2.75, 3.05) is 20.6 Å². The Morgan fingerprint density at radius 1 is 1.35 bits per heavy atom. The third-order valence-electron chi connectivity index (χ3n) is 3.33. The largest absolute Gasteiger partial charge is 0.441 e. The maximum atomic E-state index is 13.7. The lowest BCUT2D eigenvalue weighted by molar-refractivity contribution is -0.134. The van der Waals surface area contributed by atoms with Gasteiger partial charge in [0.1, 0.15) is 5.82 Å². The van der Waals surface area contributed by atoms with Gasteiger partial charge in [0.15, 0.2) is 11.7 Å². The molecule has 7 heteroatoms. The van der Waals surface area contributed by atoms with Crippen LogP contribution < -0.4 is 5.32 Å². The standard InChI is InChI=1S/C16H18FN3O3/c1-18-14(21)10-20(2)16(22)8-7-15-19-9-13(23-15)11-5-3-4-6-12(11)17/h3-6,9H,7-8,10H2,1-2H3,(H,18,21). The number of hydrogen-bond donors (Lipinski definition) is 1. The van der Waals surface area contributed by atoms with Crippen molar-refractivity contribution in [1.29, 1.82) is 0 Å². The summed E-state index contributed by atoms with van der Waals surface area (Å²) in [6.45, 7) is 0.00138. The molecule has 1 aromatic carbocycles. The highest BCUT2D eigenvalue weighted by molar-refractivity contribution is 5.84. The fraction of sp³-hybridized carbons (Fsp3) is 0.312.